The Balaban J connectivity index is 3.00. The highest BCUT2D eigenvalue weighted by atomic mass is 19.1. The lowest BCUT2D eigenvalue weighted by molar-refractivity contribution is -0.165. The highest BCUT2D eigenvalue weighted by molar-refractivity contribution is 5.80. The molecule has 0 fully saturated rings. The van der Waals surface area contributed by atoms with Gasteiger partial charge in [-0.05, 0) is 25.5 Å². The average molecular weight is 240 g/mol. The Morgan fingerprint density at radius 2 is 2.12 bits per heavy atom. The van der Waals surface area contributed by atoms with Crippen LogP contribution in [0.3, 0.4) is 0 Å². The quantitative estimate of drug-likeness (QED) is 0.821. The number of esters is 1. The first-order valence-corrected chi connectivity index (χ1v) is 5.55. The number of hydrogen-bond acceptors (Lipinski definition) is 3. The van der Waals surface area contributed by atoms with Gasteiger partial charge in [0.15, 0.2) is 5.60 Å². The monoisotopic (exact) mass is 240 g/mol. The van der Waals surface area contributed by atoms with Gasteiger partial charge >= 0.3 is 5.97 Å². The number of aliphatic hydroxyl groups is 1. The van der Waals surface area contributed by atoms with Crippen LogP contribution in [-0.4, -0.2) is 23.3 Å². The molecule has 1 rings (SSSR count). The van der Waals surface area contributed by atoms with Gasteiger partial charge < -0.3 is 9.84 Å². The molecule has 0 aliphatic rings. The summed E-state index contributed by atoms with van der Waals surface area (Å²) in [5.74, 6) is -1.86. The fraction of sp³-hybridized carbons (Fsp3) is 0.462. The van der Waals surface area contributed by atoms with E-state index in [-0.39, 0.29) is 6.61 Å². The number of carbonyl (C=O) groups is 1. The van der Waals surface area contributed by atoms with Crippen molar-refractivity contribution >= 4 is 5.97 Å². The van der Waals surface area contributed by atoms with Crippen molar-refractivity contribution < 1.29 is 19.0 Å². The average Bonchev–Trinajstić information content (AvgIpc) is 2.29. The van der Waals surface area contributed by atoms with E-state index in [1.54, 1.807) is 32.0 Å². The predicted octanol–water partition coefficient (Wildman–Crippen LogP) is 2.24. The van der Waals surface area contributed by atoms with Crippen molar-refractivity contribution in [3.05, 3.63) is 35.6 Å². The molecule has 0 radical (unpaired) electrons. The molecular weight excluding hydrogens is 223 g/mol. The maximum Gasteiger partial charge on any atom is 0.338 e. The van der Waals surface area contributed by atoms with E-state index in [2.05, 4.69) is 0 Å². The molecule has 0 spiro atoms. The van der Waals surface area contributed by atoms with Crippen LogP contribution < -0.4 is 0 Å². The first-order chi connectivity index (χ1) is 7.91. The summed E-state index contributed by atoms with van der Waals surface area (Å²) in [6.07, 6.45) is 0. The summed E-state index contributed by atoms with van der Waals surface area (Å²) in [5, 5.41) is 10.1. The van der Waals surface area contributed by atoms with E-state index in [0.717, 1.165) is 0 Å². The van der Waals surface area contributed by atoms with Crippen LogP contribution in [0.4, 0.5) is 4.39 Å². The molecule has 17 heavy (non-hydrogen) atoms. The van der Waals surface area contributed by atoms with Crippen LogP contribution >= 0.6 is 0 Å². The van der Waals surface area contributed by atoms with Gasteiger partial charge in [0.2, 0.25) is 0 Å². The molecule has 2 unspecified atom stereocenters. The predicted molar refractivity (Wildman–Crippen MR) is 62.1 cm³/mol. The van der Waals surface area contributed by atoms with E-state index in [0.29, 0.717) is 5.56 Å². The Labute approximate surface area is 100 Å². The molecular formula is C13H17FO3. The van der Waals surface area contributed by atoms with E-state index in [1.165, 1.54) is 13.0 Å². The molecule has 0 aliphatic carbocycles. The topological polar surface area (TPSA) is 46.5 Å². The van der Waals surface area contributed by atoms with Crippen molar-refractivity contribution in [1.29, 1.82) is 0 Å². The van der Waals surface area contributed by atoms with E-state index < -0.39 is 23.3 Å². The van der Waals surface area contributed by atoms with Crippen molar-refractivity contribution in [3.63, 3.8) is 0 Å². The van der Waals surface area contributed by atoms with Gasteiger partial charge in [-0.25, -0.2) is 9.18 Å². The van der Waals surface area contributed by atoms with Crippen LogP contribution in [-0.2, 0) is 9.53 Å². The Morgan fingerprint density at radius 1 is 1.53 bits per heavy atom. The third-order valence-corrected chi connectivity index (χ3v) is 2.90. The lowest BCUT2D eigenvalue weighted by Crippen LogP contribution is -2.42. The van der Waals surface area contributed by atoms with Gasteiger partial charge in [0.05, 0.1) is 6.61 Å². The van der Waals surface area contributed by atoms with Gasteiger partial charge in [-0.15, -0.1) is 0 Å². The van der Waals surface area contributed by atoms with Gasteiger partial charge in [0.25, 0.3) is 0 Å². The van der Waals surface area contributed by atoms with Crippen molar-refractivity contribution in [2.45, 2.75) is 32.3 Å². The lowest BCUT2D eigenvalue weighted by Gasteiger charge is -2.28. The SMILES string of the molecule is CCOC(=O)C(C)(O)C(C)c1ccccc1F. The molecule has 0 aromatic heterocycles. The zero-order chi connectivity index (χ0) is 13.1. The summed E-state index contributed by atoms with van der Waals surface area (Å²) >= 11 is 0. The number of benzene rings is 1. The van der Waals surface area contributed by atoms with Crippen LogP contribution in [0.15, 0.2) is 24.3 Å². The maximum atomic E-state index is 13.6. The normalized spacial score (nSPS) is 16.1. The number of rotatable bonds is 4. The molecule has 2 atom stereocenters. The lowest BCUT2D eigenvalue weighted by atomic mass is 9.84. The Morgan fingerprint density at radius 3 is 2.65 bits per heavy atom. The smallest absolute Gasteiger partial charge is 0.338 e. The van der Waals surface area contributed by atoms with Crippen LogP contribution in [0, 0.1) is 5.82 Å². The van der Waals surface area contributed by atoms with Gasteiger partial charge in [-0.2, -0.15) is 0 Å². The minimum absolute atomic E-state index is 0.180. The molecule has 1 N–H and O–H groups in total. The first-order valence-electron chi connectivity index (χ1n) is 5.55. The second-order valence-corrected chi connectivity index (χ2v) is 4.11. The maximum absolute atomic E-state index is 13.6. The van der Waals surface area contributed by atoms with Crippen molar-refractivity contribution in [1.82, 2.24) is 0 Å². The summed E-state index contributed by atoms with van der Waals surface area (Å²) in [6, 6.07) is 6.07. The van der Waals surface area contributed by atoms with Crippen molar-refractivity contribution in [3.8, 4) is 0 Å². The molecule has 0 heterocycles. The molecule has 94 valence electrons. The zero-order valence-corrected chi connectivity index (χ0v) is 10.2. The first kappa shape index (κ1) is 13.6. The second-order valence-electron chi connectivity index (χ2n) is 4.11. The van der Waals surface area contributed by atoms with Crippen LogP contribution in [0.2, 0.25) is 0 Å². The number of ether oxygens (including phenoxy) is 1. The Hall–Kier alpha value is -1.42. The molecule has 0 saturated heterocycles. The Bertz CT molecular complexity index is 401. The standard InChI is InChI=1S/C13H17FO3/c1-4-17-12(15)13(3,16)9(2)10-7-5-6-8-11(10)14/h5-9,16H,4H2,1-3H3. The summed E-state index contributed by atoms with van der Waals surface area (Å²) in [4.78, 5) is 11.6. The van der Waals surface area contributed by atoms with E-state index >= 15 is 0 Å². The van der Waals surface area contributed by atoms with E-state index in [9.17, 15) is 14.3 Å². The molecule has 0 bridgehead atoms. The van der Waals surface area contributed by atoms with Crippen LogP contribution in [0.25, 0.3) is 0 Å². The third-order valence-electron chi connectivity index (χ3n) is 2.90. The highest BCUT2D eigenvalue weighted by Crippen LogP contribution is 2.30. The molecule has 0 saturated carbocycles. The van der Waals surface area contributed by atoms with E-state index in [1.807, 2.05) is 0 Å². The van der Waals surface area contributed by atoms with Crippen molar-refractivity contribution in [2.24, 2.45) is 0 Å². The molecule has 3 nitrogen and oxygen atoms in total. The number of hydrogen-bond donors (Lipinski definition) is 1. The van der Waals surface area contributed by atoms with Gasteiger partial charge in [0.1, 0.15) is 5.82 Å². The largest absolute Gasteiger partial charge is 0.464 e. The summed E-state index contributed by atoms with van der Waals surface area (Å²) < 4.78 is 18.3. The van der Waals surface area contributed by atoms with Crippen molar-refractivity contribution in [2.75, 3.05) is 6.61 Å². The van der Waals surface area contributed by atoms with Gasteiger partial charge in [0, 0.05) is 5.92 Å². The third kappa shape index (κ3) is 2.82. The number of halogens is 1. The Kier molecular flexibility index (Phi) is 4.23. The number of carbonyl (C=O) groups excluding carboxylic acids is 1. The summed E-state index contributed by atoms with van der Waals surface area (Å²) in [6.45, 7) is 4.76. The minimum Gasteiger partial charge on any atom is -0.464 e. The molecule has 4 heteroatoms. The fourth-order valence-electron chi connectivity index (χ4n) is 1.58. The molecule has 0 aliphatic heterocycles. The van der Waals surface area contributed by atoms with Gasteiger partial charge in [-0.1, -0.05) is 25.1 Å². The molecule has 0 amide bonds. The van der Waals surface area contributed by atoms with E-state index in [4.69, 9.17) is 4.74 Å². The van der Waals surface area contributed by atoms with Crippen LogP contribution in [0.1, 0.15) is 32.3 Å². The fourth-order valence-corrected chi connectivity index (χ4v) is 1.58. The highest BCUT2D eigenvalue weighted by Gasteiger charge is 2.39. The minimum atomic E-state index is -1.74. The van der Waals surface area contributed by atoms with Crippen LogP contribution in [0.5, 0.6) is 0 Å². The van der Waals surface area contributed by atoms with Gasteiger partial charge in [-0.3, -0.25) is 0 Å². The molecule has 1 aromatic rings. The summed E-state index contributed by atoms with van der Waals surface area (Å²) in [7, 11) is 0. The second kappa shape index (κ2) is 5.27. The zero-order valence-electron chi connectivity index (χ0n) is 10.2. The molecule has 1 aromatic carbocycles. The summed E-state index contributed by atoms with van der Waals surface area (Å²) in [5.41, 5.74) is -1.44.